The lowest BCUT2D eigenvalue weighted by Gasteiger charge is -2.20. The maximum absolute atomic E-state index is 9.99. The molecule has 0 spiro atoms. The fraction of sp³-hybridized carbons (Fsp3) is 0.571. The Hall–Kier alpha value is -0.770. The van der Waals surface area contributed by atoms with Crippen LogP contribution in [0.5, 0.6) is 0 Å². The van der Waals surface area contributed by atoms with E-state index in [1.807, 2.05) is 25.1 Å². The van der Waals surface area contributed by atoms with Crippen LogP contribution in [0.15, 0.2) is 18.2 Å². The minimum absolute atomic E-state index is 0.332. The molecule has 1 aromatic rings. The third kappa shape index (κ3) is 3.87. The molecular formula is C14H21ClN2O. The lowest BCUT2D eigenvalue weighted by atomic mass is 10.2. The first-order valence-corrected chi connectivity index (χ1v) is 6.93. The quantitative estimate of drug-likeness (QED) is 0.861. The van der Waals surface area contributed by atoms with Gasteiger partial charge in [-0.2, -0.15) is 0 Å². The van der Waals surface area contributed by atoms with Gasteiger partial charge in [0.05, 0.1) is 6.10 Å². The molecule has 1 aliphatic rings. The van der Waals surface area contributed by atoms with Gasteiger partial charge in [0.2, 0.25) is 0 Å². The summed E-state index contributed by atoms with van der Waals surface area (Å²) in [5.41, 5.74) is 2.15. The molecule has 2 N–H and O–H groups in total. The molecule has 18 heavy (non-hydrogen) atoms. The summed E-state index contributed by atoms with van der Waals surface area (Å²) in [4.78, 5) is 2.32. The Morgan fingerprint density at radius 3 is 2.83 bits per heavy atom. The number of likely N-dealkylation sites (tertiary alicyclic amines) is 1. The van der Waals surface area contributed by atoms with Gasteiger partial charge in [0.15, 0.2) is 0 Å². The van der Waals surface area contributed by atoms with Gasteiger partial charge in [-0.15, -0.1) is 0 Å². The molecule has 1 aromatic carbocycles. The van der Waals surface area contributed by atoms with Crippen molar-refractivity contribution in [3.05, 3.63) is 28.8 Å². The Bertz CT molecular complexity index is 391. The van der Waals surface area contributed by atoms with Crippen LogP contribution < -0.4 is 5.32 Å². The molecule has 0 bridgehead atoms. The molecular weight excluding hydrogens is 248 g/mol. The Balaban J connectivity index is 1.81. The van der Waals surface area contributed by atoms with Crippen LogP contribution in [0.25, 0.3) is 0 Å². The number of aliphatic hydroxyl groups is 1. The minimum Gasteiger partial charge on any atom is -0.390 e. The third-order valence-electron chi connectivity index (χ3n) is 3.40. The summed E-state index contributed by atoms with van der Waals surface area (Å²) in [7, 11) is 0. The van der Waals surface area contributed by atoms with Gasteiger partial charge in [-0.1, -0.05) is 17.7 Å². The molecule has 1 aliphatic heterocycles. The molecule has 1 atom stereocenters. The number of benzene rings is 1. The average Bonchev–Trinajstić information content (AvgIpc) is 2.83. The summed E-state index contributed by atoms with van der Waals surface area (Å²) in [6.07, 6.45) is 2.18. The molecule has 0 saturated carbocycles. The number of nitrogens with zero attached hydrogens (tertiary/aromatic N) is 1. The number of halogens is 1. The normalized spacial score (nSPS) is 17.9. The highest BCUT2D eigenvalue weighted by molar-refractivity contribution is 6.30. The largest absolute Gasteiger partial charge is 0.390 e. The van der Waals surface area contributed by atoms with Crippen molar-refractivity contribution in [3.8, 4) is 0 Å². The molecule has 1 unspecified atom stereocenters. The maximum Gasteiger partial charge on any atom is 0.0839 e. The monoisotopic (exact) mass is 268 g/mol. The summed E-state index contributed by atoms with van der Waals surface area (Å²) < 4.78 is 0. The van der Waals surface area contributed by atoms with E-state index in [0.29, 0.717) is 6.54 Å². The standard InChI is InChI=1S/C14H21ClN2O/c1-11-4-5-12(15)8-14(11)16-9-13(18)10-17-6-2-3-7-17/h4-5,8,13,16,18H,2-3,6-7,9-10H2,1H3. The van der Waals surface area contributed by atoms with E-state index in [1.165, 1.54) is 12.8 Å². The number of hydrogen-bond acceptors (Lipinski definition) is 3. The first-order valence-electron chi connectivity index (χ1n) is 6.55. The Labute approximate surface area is 114 Å². The van der Waals surface area contributed by atoms with Crippen LogP contribution >= 0.6 is 11.6 Å². The van der Waals surface area contributed by atoms with Crippen molar-refractivity contribution in [2.75, 3.05) is 31.5 Å². The second-order valence-electron chi connectivity index (χ2n) is 5.00. The Morgan fingerprint density at radius 1 is 1.39 bits per heavy atom. The van der Waals surface area contributed by atoms with Gasteiger partial charge in [-0.3, -0.25) is 0 Å². The summed E-state index contributed by atoms with van der Waals surface area (Å²) in [6, 6.07) is 5.76. The van der Waals surface area contributed by atoms with Crippen LogP contribution in [0.1, 0.15) is 18.4 Å². The number of hydrogen-bond donors (Lipinski definition) is 2. The predicted molar refractivity (Wildman–Crippen MR) is 76.4 cm³/mol. The van der Waals surface area contributed by atoms with E-state index in [-0.39, 0.29) is 6.10 Å². The Morgan fingerprint density at radius 2 is 2.11 bits per heavy atom. The lowest BCUT2D eigenvalue weighted by molar-refractivity contribution is 0.135. The lowest BCUT2D eigenvalue weighted by Crippen LogP contribution is -2.34. The zero-order chi connectivity index (χ0) is 13.0. The highest BCUT2D eigenvalue weighted by Gasteiger charge is 2.15. The smallest absolute Gasteiger partial charge is 0.0839 e. The van der Waals surface area contributed by atoms with Gasteiger partial charge >= 0.3 is 0 Å². The van der Waals surface area contributed by atoms with E-state index in [2.05, 4.69) is 10.2 Å². The van der Waals surface area contributed by atoms with Gasteiger partial charge in [0, 0.05) is 23.8 Å². The van der Waals surface area contributed by atoms with Crippen LogP contribution in [0.4, 0.5) is 5.69 Å². The number of β-amino-alcohol motifs (C(OH)–C–C–N with tert-alkyl or cyclic N) is 1. The second-order valence-corrected chi connectivity index (χ2v) is 5.44. The minimum atomic E-state index is -0.332. The first-order chi connectivity index (χ1) is 8.65. The van der Waals surface area contributed by atoms with E-state index in [9.17, 15) is 5.11 Å². The highest BCUT2D eigenvalue weighted by Crippen LogP contribution is 2.20. The molecule has 0 radical (unpaired) electrons. The van der Waals surface area contributed by atoms with Crippen molar-refractivity contribution in [2.45, 2.75) is 25.9 Å². The second kappa shape index (κ2) is 6.41. The number of rotatable bonds is 5. The average molecular weight is 269 g/mol. The topological polar surface area (TPSA) is 35.5 Å². The fourth-order valence-electron chi connectivity index (χ4n) is 2.34. The molecule has 3 nitrogen and oxygen atoms in total. The van der Waals surface area contributed by atoms with E-state index >= 15 is 0 Å². The van der Waals surface area contributed by atoms with Gasteiger partial charge in [-0.05, 0) is 50.6 Å². The molecule has 100 valence electrons. The molecule has 2 rings (SSSR count). The summed E-state index contributed by atoms with van der Waals surface area (Å²) in [6.45, 7) is 5.59. The summed E-state index contributed by atoms with van der Waals surface area (Å²) in [5.74, 6) is 0. The van der Waals surface area contributed by atoms with Gasteiger partial charge < -0.3 is 15.3 Å². The zero-order valence-corrected chi connectivity index (χ0v) is 11.6. The van der Waals surface area contributed by atoms with Crippen molar-refractivity contribution in [2.24, 2.45) is 0 Å². The number of aryl methyl sites for hydroxylation is 1. The third-order valence-corrected chi connectivity index (χ3v) is 3.63. The van der Waals surface area contributed by atoms with E-state index in [1.54, 1.807) is 0 Å². The number of anilines is 1. The van der Waals surface area contributed by atoms with Gasteiger partial charge in [-0.25, -0.2) is 0 Å². The van der Waals surface area contributed by atoms with Crippen molar-refractivity contribution in [1.82, 2.24) is 4.90 Å². The van der Waals surface area contributed by atoms with Crippen LogP contribution in [0.2, 0.25) is 5.02 Å². The first kappa shape index (κ1) is 13.7. The number of aliphatic hydroxyl groups excluding tert-OH is 1. The highest BCUT2D eigenvalue weighted by atomic mass is 35.5. The summed E-state index contributed by atoms with van der Waals surface area (Å²) >= 11 is 5.96. The van der Waals surface area contributed by atoms with Crippen LogP contribution in [-0.4, -0.2) is 42.3 Å². The molecule has 0 aliphatic carbocycles. The van der Waals surface area contributed by atoms with Gasteiger partial charge in [0.1, 0.15) is 0 Å². The van der Waals surface area contributed by atoms with E-state index < -0.39 is 0 Å². The molecule has 0 aromatic heterocycles. The summed E-state index contributed by atoms with van der Waals surface area (Å²) in [5, 5.41) is 14.0. The fourth-order valence-corrected chi connectivity index (χ4v) is 2.51. The number of nitrogens with one attached hydrogen (secondary N) is 1. The SMILES string of the molecule is Cc1ccc(Cl)cc1NCC(O)CN1CCCC1. The van der Waals surface area contributed by atoms with Crippen molar-refractivity contribution >= 4 is 17.3 Å². The van der Waals surface area contributed by atoms with Gasteiger partial charge in [0.25, 0.3) is 0 Å². The molecule has 1 saturated heterocycles. The predicted octanol–water partition coefficient (Wildman–Crippen LogP) is 2.52. The van der Waals surface area contributed by atoms with E-state index in [4.69, 9.17) is 11.6 Å². The molecule has 4 heteroatoms. The van der Waals surface area contributed by atoms with Crippen molar-refractivity contribution < 1.29 is 5.11 Å². The molecule has 0 amide bonds. The molecule has 1 fully saturated rings. The zero-order valence-electron chi connectivity index (χ0n) is 10.8. The van der Waals surface area contributed by atoms with Crippen LogP contribution in [0.3, 0.4) is 0 Å². The Kier molecular flexibility index (Phi) is 4.87. The van der Waals surface area contributed by atoms with Crippen molar-refractivity contribution in [3.63, 3.8) is 0 Å². The van der Waals surface area contributed by atoms with Crippen LogP contribution in [0, 0.1) is 6.92 Å². The van der Waals surface area contributed by atoms with E-state index in [0.717, 1.165) is 35.9 Å². The van der Waals surface area contributed by atoms with Crippen LogP contribution in [-0.2, 0) is 0 Å². The maximum atomic E-state index is 9.99. The molecule has 1 heterocycles. The van der Waals surface area contributed by atoms with Crippen molar-refractivity contribution in [1.29, 1.82) is 0 Å².